The van der Waals surface area contributed by atoms with Crippen LogP contribution < -0.4 is 0 Å². The average Bonchev–Trinajstić information content (AvgIpc) is 3.78. The predicted octanol–water partition coefficient (Wildman–Crippen LogP) is 5.62. The Morgan fingerprint density at radius 3 is 1.89 bits per heavy atom. The highest BCUT2D eigenvalue weighted by molar-refractivity contribution is 5.98. The molecular weight excluding hydrogens is 779 g/mol. The molecule has 61 heavy (non-hydrogen) atoms. The van der Waals surface area contributed by atoms with Crippen molar-refractivity contribution in [1.82, 2.24) is 24.5 Å². The molecule has 2 saturated carbocycles. The topological polar surface area (TPSA) is 157 Å². The molecule has 2 unspecified atom stereocenters. The number of fused-ring (bicyclic) bond motifs is 3. The maximum Gasteiger partial charge on any atom is 0.410 e. The molecule has 2 aromatic rings. The van der Waals surface area contributed by atoms with E-state index in [0.717, 1.165) is 46.4 Å². The van der Waals surface area contributed by atoms with E-state index in [0.29, 0.717) is 25.7 Å². The largest absolute Gasteiger partial charge is 0.481 e. The molecule has 1 heterocycles. The van der Waals surface area contributed by atoms with Gasteiger partial charge >= 0.3 is 12.1 Å². The zero-order chi connectivity index (χ0) is 44.6. The summed E-state index contributed by atoms with van der Waals surface area (Å²) < 4.78 is 12.5. The van der Waals surface area contributed by atoms with E-state index in [4.69, 9.17) is 9.47 Å². The summed E-state index contributed by atoms with van der Waals surface area (Å²) in [5.74, 6) is -3.68. The van der Waals surface area contributed by atoms with Crippen molar-refractivity contribution in [2.75, 3.05) is 48.4 Å². The molecule has 0 bridgehead atoms. The van der Waals surface area contributed by atoms with Gasteiger partial charge in [-0.15, -0.1) is 0 Å². The van der Waals surface area contributed by atoms with Crippen LogP contribution >= 0.6 is 0 Å². The quantitative estimate of drug-likeness (QED) is 0.227. The fraction of sp³-hybridized carbons (Fsp3) is 0.617. The molecule has 3 aliphatic carbocycles. The van der Waals surface area contributed by atoms with Crippen molar-refractivity contribution in [3.05, 3.63) is 59.7 Å². The number of benzene rings is 2. The maximum atomic E-state index is 15.2. The lowest BCUT2D eigenvalue weighted by Crippen LogP contribution is -2.71. The third kappa shape index (κ3) is 8.87. The highest BCUT2D eigenvalue weighted by atomic mass is 16.6. The van der Waals surface area contributed by atoms with Crippen molar-refractivity contribution < 1.29 is 43.3 Å². The minimum Gasteiger partial charge on any atom is -0.481 e. The van der Waals surface area contributed by atoms with Crippen LogP contribution in [0.2, 0.25) is 0 Å². The van der Waals surface area contributed by atoms with Crippen molar-refractivity contribution in [3.8, 4) is 11.1 Å². The van der Waals surface area contributed by atoms with Gasteiger partial charge in [-0.2, -0.15) is 0 Å². The van der Waals surface area contributed by atoms with Gasteiger partial charge in [0.1, 0.15) is 30.3 Å². The SMILES string of the molecule is CCC(CC)C(C(=O)N(C)C(CC(=O)O)C(=O)N(C)C)N(C)C(=O)C1(N(C)C(=O)[C@@H]2C[C@@H](OC3CCC3)CN2C(=O)OCC2c3ccccc3-c3ccccc32)CC(C)(C)C1. The van der Waals surface area contributed by atoms with Gasteiger partial charge in [-0.3, -0.25) is 28.9 Å². The third-order valence-corrected chi connectivity index (χ3v) is 13.9. The number of ether oxygens (including phenoxy) is 2. The Morgan fingerprint density at radius 1 is 0.820 bits per heavy atom. The standard InChI is InChI=1S/C47H65N5O9/c1-10-29(11-2)40(43(57)49(7)37(24-39(53)54)41(55)48(5)6)50(8)44(58)47(27-46(3,4)28-47)51(9)42(56)38-23-31(61-30-17-16-18-30)25-52(38)45(59)60-26-36-34-21-14-12-19-32(34)33-20-13-15-22-35(33)36/h12-15,19-22,29-31,36-38,40H,10-11,16-18,23-28H2,1-9H3,(H,53,54)/t31-,37?,38+,40?/m1/s1. The van der Waals surface area contributed by atoms with Crippen LogP contribution in [0.3, 0.4) is 0 Å². The number of carboxylic acid groups (broad SMARTS) is 1. The Bertz CT molecular complexity index is 1940. The minimum atomic E-state index is -1.35. The van der Waals surface area contributed by atoms with Crippen LogP contribution in [-0.2, 0) is 33.4 Å². The fourth-order valence-electron chi connectivity index (χ4n) is 10.4. The van der Waals surface area contributed by atoms with Crippen LogP contribution in [0.5, 0.6) is 0 Å². The van der Waals surface area contributed by atoms with E-state index in [1.54, 1.807) is 14.1 Å². The number of nitrogens with zero attached hydrogens (tertiary/aromatic N) is 5. The summed E-state index contributed by atoms with van der Waals surface area (Å²) in [5.41, 5.74) is 2.69. The second kappa shape index (κ2) is 18.2. The number of likely N-dealkylation sites (N-methyl/N-ethyl adjacent to an activating group) is 4. The van der Waals surface area contributed by atoms with Crippen LogP contribution in [-0.4, -0.2) is 150 Å². The van der Waals surface area contributed by atoms with Crippen molar-refractivity contribution >= 4 is 35.7 Å². The van der Waals surface area contributed by atoms with Gasteiger partial charge in [-0.1, -0.05) is 89.1 Å². The normalized spacial score (nSPS) is 21.0. The first-order valence-corrected chi connectivity index (χ1v) is 21.9. The van der Waals surface area contributed by atoms with E-state index >= 15 is 9.59 Å². The Balaban J connectivity index is 1.27. The molecule has 3 fully saturated rings. The number of carboxylic acids is 1. The molecule has 4 aliphatic rings. The minimum absolute atomic E-state index is 0.0655. The summed E-state index contributed by atoms with van der Waals surface area (Å²) >= 11 is 0. The lowest BCUT2D eigenvalue weighted by Gasteiger charge is -2.58. The summed E-state index contributed by atoms with van der Waals surface area (Å²) in [5, 5.41) is 9.71. The summed E-state index contributed by atoms with van der Waals surface area (Å²) in [7, 11) is 7.57. The van der Waals surface area contributed by atoms with E-state index in [1.165, 1.54) is 40.7 Å². The Morgan fingerprint density at radius 2 is 1.39 bits per heavy atom. The van der Waals surface area contributed by atoms with Crippen molar-refractivity contribution in [2.45, 2.75) is 127 Å². The number of hydrogen-bond donors (Lipinski definition) is 1. The molecule has 6 rings (SSSR count). The van der Waals surface area contributed by atoms with E-state index in [1.807, 2.05) is 52.0 Å². The summed E-state index contributed by atoms with van der Waals surface area (Å²) in [4.78, 5) is 90.9. The molecule has 0 aromatic heterocycles. The van der Waals surface area contributed by atoms with Gasteiger partial charge < -0.3 is 34.2 Å². The number of carbonyl (C=O) groups excluding carboxylic acids is 5. The first kappa shape index (κ1) is 45.5. The highest BCUT2D eigenvalue weighted by Crippen LogP contribution is 2.53. The summed E-state index contributed by atoms with van der Waals surface area (Å²) in [6, 6.07) is 12.9. The van der Waals surface area contributed by atoms with Crippen LogP contribution in [0.4, 0.5) is 4.79 Å². The lowest BCUT2D eigenvalue weighted by molar-refractivity contribution is -0.174. The van der Waals surface area contributed by atoms with Crippen LogP contribution in [0.1, 0.15) is 103 Å². The second-order valence-corrected chi connectivity index (χ2v) is 18.7. The van der Waals surface area contributed by atoms with Gasteiger partial charge in [-0.25, -0.2) is 4.79 Å². The molecule has 14 nitrogen and oxygen atoms in total. The molecule has 5 amide bonds. The molecule has 14 heteroatoms. The Hall–Kier alpha value is -4.98. The van der Waals surface area contributed by atoms with Gasteiger partial charge in [0.25, 0.3) is 0 Å². The number of carbonyl (C=O) groups is 6. The van der Waals surface area contributed by atoms with Gasteiger partial charge in [-0.05, 0) is 65.7 Å². The smallest absolute Gasteiger partial charge is 0.410 e. The van der Waals surface area contributed by atoms with Crippen LogP contribution in [0.25, 0.3) is 11.1 Å². The third-order valence-electron chi connectivity index (χ3n) is 13.9. The van der Waals surface area contributed by atoms with Gasteiger partial charge in [0.2, 0.25) is 23.6 Å². The maximum absolute atomic E-state index is 15.2. The first-order valence-electron chi connectivity index (χ1n) is 21.9. The summed E-state index contributed by atoms with van der Waals surface area (Å²) in [6.07, 6.45) is 3.28. The van der Waals surface area contributed by atoms with E-state index in [2.05, 4.69) is 24.3 Å². The second-order valence-electron chi connectivity index (χ2n) is 18.7. The summed E-state index contributed by atoms with van der Waals surface area (Å²) in [6.45, 7) is 8.15. The molecule has 1 N–H and O–H groups in total. The lowest BCUT2D eigenvalue weighted by atomic mass is 9.57. The molecule has 0 spiro atoms. The van der Waals surface area contributed by atoms with Gasteiger partial charge in [0, 0.05) is 47.6 Å². The monoisotopic (exact) mass is 843 g/mol. The van der Waals surface area contributed by atoms with Crippen molar-refractivity contribution in [1.29, 1.82) is 0 Å². The Labute approximate surface area is 360 Å². The number of rotatable bonds is 16. The van der Waals surface area contributed by atoms with Crippen LogP contribution in [0.15, 0.2) is 48.5 Å². The highest BCUT2D eigenvalue weighted by Gasteiger charge is 2.61. The predicted molar refractivity (Wildman–Crippen MR) is 229 cm³/mol. The van der Waals surface area contributed by atoms with E-state index in [9.17, 15) is 24.3 Å². The molecule has 0 radical (unpaired) electrons. The first-order chi connectivity index (χ1) is 28.8. The Kier molecular flexibility index (Phi) is 13.6. The molecule has 2 aromatic carbocycles. The molecule has 4 atom stereocenters. The zero-order valence-electron chi connectivity index (χ0n) is 37.4. The molecule has 332 valence electrons. The average molecular weight is 844 g/mol. The zero-order valence-corrected chi connectivity index (χ0v) is 37.4. The van der Waals surface area contributed by atoms with Crippen LogP contribution in [0, 0.1) is 11.3 Å². The number of aliphatic carboxylic acids is 1. The molecule has 1 saturated heterocycles. The van der Waals surface area contributed by atoms with Crippen molar-refractivity contribution in [2.24, 2.45) is 11.3 Å². The number of amides is 5. The number of hydrogen-bond acceptors (Lipinski definition) is 8. The van der Waals surface area contributed by atoms with E-state index < -0.39 is 71.9 Å². The molecular formula is C47H65N5O9. The number of likely N-dealkylation sites (tertiary alicyclic amines) is 1. The van der Waals surface area contributed by atoms with Crippen molar-refractivity contribution in [3.63, 3.8) is 0 Å². The van der Waals surface area contributed by atoms with E-state index in [-0.39, 0.29) is 42.9 Å². The van der Waals surface area contributed by atoms with Gasteiger partial charge in [0.05, 0.1) is 25.2 Å². The van der Waals surface area contributed by atoms with Gasteiger partial charge in [0.15, 0.2) is 0 Å². The fourth-order valence-corrected chi connectivity index (χ4v) is 10.4. The molecule has 1 aliphatic heterocycles.